The SMILES string of the molecule is Cc1ccc(-c2cn(CC(=O)Nc3cccc(N4CCOCC4)c3)c(=O)cn2)cc1. The Labute approximate surface area is 174 Å². The quantitative estimate of drug-likeness (QED) is 0.708. The molecule has 0 saturated carbocycles. The van der Waals surface area contributed by atoms with Crippen LogP contribution in [0.2, 0.25) is 0 Å². The third kappa shape index (κ3) is 4.75. The zero-order chi connectivity index (χ0) is 20.9. The lowest BCUT2D eigenvalue weighted by molar-refractivity contribution is -0.116. The van der Waals surface area contributed by atoms with Crippen molar-refractivity contribution in [3.05, 3.63) is 76.8 Å². The van der Waals surface area contributed by atoms with Crippen molar-refractivity contribution in [2.75, 3.05) is 36.5 Å². The number of nitrogens with one attached hydrogen (secondary N) is 1. The van der Waals surface area contributed by atoms with Gasteiger partial charge < -0.3 is 19.5 Å². The number of amides is 1. The van der Waals surface area contributed by atoms with Crippen molar-refractivity contribution >= 4 is 17.3 Å². The predicted octanol–water partition coefficient (Wildman–Crippen LogP) is 2.69. The number of carbonyl (C=O) groups is 1. The molecule has 0 spiro atoms. The first-order valence-electron chi connectivity index (χ1n) is 9.95. The van der Waals surface area contributed by atoms with Crippen LogP contribution in [0.15, 0.2) is 65.7 Å². The molecule has 1 aliphatic rings. The zero-order valence-electron chi connectivity index (χ0n) is 16.9. The molecule has 1 aromatic heterocycles. The third-order valence-corrected chi connectivity index (χ3v) is 5.04. The van der Waals surface area contributed by atoms with Gasteiger partial charge in [-0.25, -0.2) is 4.98 Å². The standard InChI is InChI=1S/C23H24N4O3/c1-17-5-7-18(8-6-17)21-15-27(23(29)14-24-21)16-22(28)25-19-3-2-4-20(13-19)26-9-11-30-12-10-26/h2-8,13-15H,9-12,16H2,1H3,(H,25,28). The number of ether oxygens (including phenoxy) is 1. The van der Waals surface area contributed by atoms with E-state index in [0.717, 1.165) is 29.9 Å². The Kier molecular flexibility index (Phi) is 5.90. The van der Waals surface area contributed by atoms with Crippen molar-refractivity contribution in [3.63, 3.8) is 0 Å². The fraction of sp³-hybridized carbons (Fsp3) is 0.261. The normalized spacial score (nSPS) is 13.8. The number of benzene rings is 2. The molecule has 3 aromatic rings. The molecule has 1 aliphatic heterocycles. The molecule has 7 nitrogen and oxygen atoms in total. The highest BCUT2D eigenvalue weighted by atomic mass is 16.5. The molecule has 7 heteroatoms. The van der Waals surface area contributed by atoms with Crippen molar-refractivity contribution in [1.29, 1.82) is 0 Å². The van der Waals surface area contributed by atoms with Gasteiger partial charge in [-0.05, 0) is 25.1 Å². The molecular weight excluding hydrogens is 380 g/mol. The lowest BCUT2D eigenvalue weighted by atomic mass is 10.1. The summed E-state index contributed by atoms with van der Waals surface area (Å²) in [6.45, 7) is 4.98. The molecule has 0 unspecified atom stereocenters. The minimum absolute atomic E-state index is 0.0814. The Balaban J connectivity index is 1.47. The Morgan fingerprint density at radius 1 is 1.13 bits per heavy atom. The second-order valence-corrected chi connectivity index (χ2v) is 7.30. The average Bonchev–Trinajstić information content (AvgIpc) is 2.77. The van der Waals surface area contributed by atoms with Gasteiger partial charge in [0, 0.05) is 36.2 Å². The summed E-state index contributed by atoms with van der Waals surface area (Å²) >= 11 is 0. The van der Waals surface area contributed by atoms with Crippen LogP contribution in [0.1, 0.15) is 5.56 Å². The first-order chi connectivity index (χ1) is 14.6. The first-order valence-corrected chi connectivity index (χ1v) is 9.95. The highest BCUT2D eigenvalue weighted by Crippen LogP contribution is 2.21. The van der Waals surface area contributed by atoms with Crippen LogP contribution in [0, 0.1) is 6.92 Å². The van der Waals surface area contributed by atoms with Crippen LogP contribution in [-0.4, -0.2) is 41.8 Å². The number of anilines is 2. The maximum Gasteiger partial charge on any atom is 0.269 e. The van der Waals surface area contributed by atoms with Gasteiger partial charge in [0.2, 0.25) is 5.91 Å². The summed E-state index contributed by atoms with van der Waals surface area (Å²) in [5.41, 5.74) is 4.11. The van der Waals surface area contributed by atoms with E-state index in [0.29, 0.717) is 24.6 Å². The molecule has 0 aliphatic carbocycles. The van der Waals surface area contributed by atoms with E-state index in [1.807, 2.05) is 55.5 Å². The summed E-state index contributed by atoms with van der Waals surface area (Å²) in [5.74, 6) is -0.266. The molecule has 0 bridgehead atoms. The molecule has 0 atom stereocenters. The monoisotopic (exact) mass is 404 g/mol. The Morgan fingerprint density at radius 3 is 2.67 bits per heavy atom. The number of hydrogen-bond acceptors (Lipinski definition) is 5. The molecule has 1 saturated heterocycles. The number of nitrogens with zero attached hydrogens (tertiary/aromatic N) is 3. The van der Waals surface area contributed by atoms with Crippen molar-refractivity contribution in [1.82, 2.24) is 9.55 Å². The molecule has 30 heavy (non-hydrogen) atoms. The van der Waals surface area contributed by atoms with E-state index in [1.54, 1.807) is 6.20 Å². The molecule has 154 valence electrons. The van der Waals surface area contributed by atoms with Gasteiger partial charge in [-0.15, -0.1) is 0 Å². The van der Waals surface area contributed by atoms with E-state index in [1.165, 1.54) is 10.8 Å². The Morgan fingerprint density at radius 2 is 1.90 bits per heavy atom. The zero-order valence-corrected chi connectivity index (χ0v) is 16.9. The maximum atomic E-state index is 12.6. The van der Waals surface area contributed by atoms with Gasteiger partial charge in [0.25, 0.3) is 5.56 Å². The van der Waals surface area contributed by atoms with Crippen LogP contribution in [0.5, 0.6) is 0 Å². The lowest BCUT2D eigenvalue weighted by Crippen LogP contribution is -2.36. The van der Waals surface area contributed by atoms with E-state index in [9.17, 15) is 9.59 Å². The fourth-order valence-electron chi connectivity index (χ4n) is 3.40. The van der Waals surface area contributed by atoms with Gasteiger partial charge in [0.05, 0.1) is 25.1 Å². The van der Waals surface area contributed by atoms with Crippen molar-refractivity contribution in [3.8, 4) is 11.3 Å². The van der Waals surface area contributed by atoms with Crippen LogP contribution >= 0.6 is 0 Å². The second kappa shape index (κ2) is 8.92. The highest BCUT2D eigenvalue weighted by molar-refractivity contribution is 5.91. The number of carbonyl (C=O) groups excluding carboxylic acids is 1. The summed E-state index contributed by atoms with van der Waals surface area (Å²) in [6.07, 6.45) is 2.87. The summed E-state index contributed by atoms with van der Waals surface area (Å²) in [7, 11) is 0. The van der Waals surface area contributed by atoms with E-state index in [4.69, 9.17) is 4.74 Å². The van der Waals surface area contributed by atoms with E-state index >= 15 is 0 Å². The Bertz CT molecular complexity index is 1090. The largest absolute Gasteiger partial charge is 0.378 e. The lowest BCUT2D eigenvalue weighted by Gasteiger charge is -2.29. The molecule has 1 amide bonds. The smallest absolute Gasteiger partial charge is 0.269 e. The maximum absolute atomic E-state index is 12.6. The predicted molar refractivity (Wildman–Crippen MR) is 117 cm³/mol. The fourth-order valence-corrected chi connectivity index (χ4v) is 3.40. The number of hydrogen-bond donors (Lipinski definition) is 1. The van der Waals surface area contributed by atoms with Gasteiger partial charge in [-0.3, -0.25) is 9.59 Å². The van der Waals surface area contributed by atoms with Gasteiger partial charge in [0.15, 0.2) is 0 Å². The molecule has 4 rings (SSSR count). The summed E-state index contributed by atoms with van der Waals surface area (Å²) < 4.78 is 6.77. The summed E-state index contributed by atoms with van der Waals surface area (Å²) in [5, 5.41) is 2.89. The molecule has 1 fully saturated rings. The minimum Gasteiger partial charge on any atom is -0.378 e. The third-order valence-electron chi connectivity index (χ3n) is 5.04. The van der Waals surface area contributed by atoms with Crippen molar-refractivity contribution in [2.45, 2.75) is 13.5 Å². The van der Waals surface area contributed by atoms with Crippen molar-refractivity contribution in [2.24, 2.45) is 0 Å². The van der Waals surface area contributed by atoms with Gasteiger partial charge >= 0.3 is 0 Å². The van der Waals surface area contributed by atoms with E-state index in [2.05, 4.69) is 15.2 Å². The van der Waals surface area contributed by atoms with Gasteiger partial charge in [-0.1, -0.05) is 35.9 Å². The molecule has 2 heterocycles. The molecular formula is C23H24N4O3. The van der Waals surface area contributed by atoms with Gasteiger partial charge in [-0.2, -0.15) is 0 Å². The number of morpholine rings is 1. The van der Waals surface area contributed by atoms with Crippen LogP contribution in [0.3, 0.4) is 0 Å². The van der Waals surface area contributed by atoms with Crippen LogP contribution in [-0.2, 0) is 16.1 Å². The number of rotatable bonds is 5. The number of aryl methyl sites for hydroxylation is 1. The van der Waals surface area contributed by atoms with Crippen LogP contribution in [0.4, 0.5) is 11.4 Å². The van der Waals surface area contributed by atoms with E-state index < -0.39 is 0 Å². The molecule has 0 radical (unpaired) electrons. The topological polar surface area (TPSA) is 76.5 Å². The summed E-state index contributed by atoms with van der Waals surface area (Å²) in [4.78, 5) is 31.2. The average molecular weight is 404 g/mol. The van der Waals surface area contributed by atoms with Gasteiger partial charge in [0.1, 0.15) is 6.54 Å². The second-order valence-electron chi connectivity index (χ2n) is 7.30. The van der Waals surface area contributed by atoms with Crippen LogP contribution in [0.25, 0.3) is 11.3 Å². The van der Waals surface area contributed by atoms with E-state index in [-0.39, 0.29) is 18.0 Å². The molecule has 2 aromatic carbocycles. The Hall–Kier alpha value is -3.45. The highest BCUT2D eigenvalue weighted by Gasteiger charge is 2.13. The van der Waals surface area contributed by atoms with Crippen LogP contribution < -0.4 is 15.8 Å². The minimum atomic E-state index is -0.317. The number of aromatic nitrogens is 2. The van der Waals surface area contributed by atoms with Crippen molar-refractivity contribution < 1.29 is 9.53 Å². The molecule has 1 N–H and O–H groups in total. The summed E-state index contributed by atoms with van der Waals surface area (Å²) in [6, 6.07) is 15.6. The first kappa shape index (κ1) is 19.8.